The van der Waals surface area contributed by atoms with Gasteiger partial charge in [0.15, 0.2) is 5.78 Å². The predicted molar refractivity (Wildman–Crippen MR) is 71.9 cm³/mol. The number of nitrogens with zero attached hydrogens (tertiary/aromatic N) is 2. The molecule has 98 valence electrons. The summed E-state index contributed by atoms with van der Waals surface area (Å²) in [5.74, 6) is -0.358. The summed E-state index contributed by atoms with van der Waals surface area (Å²) in [4.78, 5) is 25.8. The molecule has 0 bridgehead atoms. The fourth-order valence-electron chi connectivity index (χ4n) is 2.31. The fraction of sp³-hybridized carbons (Fsp3) is 0.357. The fourth-order valence-corrected chi connectivity index (χ4v) is 2.52. The summed E-state index contributed by atoms with van der Waals surface area (Å²) in [6.45, 7) is 4.94. The first kappa shape index (κ1) is 13.6. The SMILES string of the molecule is CC1C(=O)C(C)(C)C(=O)N1c1ccc(C#N)c(Cl)c1. The number of ketones is 1. The summed E-state index contributed by atoms with van der Waals surface area (Å²) >= 11 is 5.97. The smallest absolute Gasteiger partial charge is 0.240 e. The van der Waals surface area contributed by atoms with Gasteiger partial charge in [0, 0.05) is 5.69 Å². The molecular formula is C14H13ClN2O2. The molecule has 0 spiro atoms. The predicted octanol–water partition coefficient (Wildman–Crippen LogP) is 2.54. The van der Waals surface area contributed by atoms with E-state index in [1.54, 1.807) is 39.0 Å². The molecule has 0 aliphatic carbocycles. The van der Waals surface area contributed by atoms with Gasteiger partial charge in [-0.2, -0.15) is 5.26 Å². The van der Waals surface area contributed by atoms with Crippen molar-refractivity contribution >= 4 is 29.0 Å². The van der Waals surface area contributed by atoms with Gasteiger partial charge in [0.2, 0.25) is 5.91 Å². The minimum Gasteiger partial charge on any atom is -0.301 e. The number of benzene rings is 1. The van der Waals surface area contributed by atoms with E-state index in [-0.39, 0.29) is 16.7 Å². The van der Waals surface area contributed by atoms with Crippen LogP contribution in [0.25, 0.3) is 0 Å². The molecule has 19 heavy (non-hydrogen) atoms. The van der Waals surface area contributed by atoms with Crippen molar-refractivity contribution in [1.29, 1.82) is 5.26 Å². The van der Waals surface area contributed by atoms with Crippen LogP contribution in [0.2, 0.25) is 5.02 Å². The van der Waals surface area contributed by atoms with Crippen molar-refractivity contribution < 1.29 is 9.59 Å². The minimum atomic E-state index is -1.01. The van der Waals surface area contributed by atoms with Crippen LogP contribution >= 0.6 is 11.6 Å². The third-order valence-electron chi connectivity index (χ3n) is 3.49. The lowest BCUT2D eigenvalue weighted by atomic mass is 9.89. The number of hydrogen-bond acceptors (Lipinski definition) is 3. The highest BCUT2D eigenvalue weighted by molar-refractivity contribution is 6.32. The Morgan fingerprint density at radius 2 is 2.00 bits per heavy atom. The molecule has 1 aromatic rings. The van der Waals surface area contributed by atoms with Crippen molar-refractivity contribution in [2.24, 2.45) is 5.41 Å². The third-order valence-corrected chi connectivity index (χ3v) is 3.80. The minimum absolute atomic E-state index is 0.113. The molecule has 1 aliphatic heterocycles. The van der Waals surface area contributed by atoms with Gasteiger partial charge in [0.25, 0.3) is 0 Å². The number of halogens is 1. The highest BCUT2D eigenvalue weighted by atomic mass is 35.5. The van der Waals surface area contributed by atoms with E-state index < -0.39 is 11.5 Å². The molecule has 0 saturated carbocycles. The molecule has 1 aromatic carbocycles. The summed E-state index contributed by atoms with van der Waals surface area (Å²) in [7, 11) is 0. The first-order valence-corrected chi connectivity index (χ1v) is 6.26. The van der Waals surface area contributed by atoms with Crippen molar-refractivity contribution in [2.45, 2.75) is 26.8 Å². The molecule has 1 aliphatic rings. The first-order chi connectivity index (χ1) is 8.80. The van der Waals surface area contributed by atoms with Crippen LogP contribution in [0.15, 0.2) is 18.2 Å². The Hall–Kier alpha value is -1.86. The third kappa shape index (κ3) is 1.91. The van der Waals surface area contributed by atoms with Crippen LogP contribution in [0.1, 0.15) is 26.3 Å². The van der Waals surface area contributed by atoms with Crippen LogP contribution in [0.3, 0.4) is 0 Å². The average Bonchev–Trinajstić information content (AvgIpc) is 2.51. The quantitative estimate of drug-likeness (QED) is 0.741. The first-order valence-electron chi connectivity index (χ1n) is 5.88. The number of amides is 1. The van der Waals surface area contributed by atoms with Gasteiger partial charge >= 0.3 is 0 Å². The van der Waals surface area contributed by atoms with Gasteiger partial charge in [-0.3, -0.25) is 9.59 Å². The maximum atomic E-state index is 12.3. The Balaban J connectivity index is 2.49. The van der Waals surface area contributed by atoms with E-state index in [0.29, 0.717) is 11.3 Å². The molecule has 0 N–H and O–H groups in total. The van der Waals surface area contributed by atoms with Crippen LogP contribution < -0.4 is 4.90 Å². The van der Waals surface area contributed by atoms with E-state index in [4.69, 9.17) is 16.9 Å². The molecule has 1 saturated heterocycles. The number of nitriles is 1. The van der Waals surface area contributed by atoms with E-state index in [2.05, 4.69) is 0 Å². The molecule has 4 nitrogen and oxygen atoms in total. The zero-order valence-corrected chi connectivity index (χ0v) is 11.7. The number of carbonyl (C=O) groups excluding carboxylic acids is 2. The van der Waals surface area contributed by atoms with E-state index >= 15 is 0 Å². The van der Waals surface area contributed by atoms with E-state index in [0.717, 1.165) is 0 Å². The van der Waals surface area contributed by atoms with Crippen molar-refractivity contribution in [3.05, 3.63) is 28.8 Å². The summed E-state index contributed by atoms with van der Waals surface area (Å²) in [5.41, 5.74) is -0.129. The monoisotopic (exact) mass is 276 g/mol. The Labute approximate surface area is 116 Å². The highest BCUT2D eigenvalue weighted by Gasteiger charge is 2.51. The lowest BCUT2D eigenvalue weighted by molar-refractivity contribution is -0.132. The van der Waals surface area contributed by atoms with Gasteiger partial charge in [-0.25, -0.2) is 0 Å². The molecule has 1 heterocycles. The number of carbonyl (C=O) groups is 2. The van der Waals surface area contributed by atoms with E-state index in [1.165, 1.54) is 4.90 Å². The van der Waals surface area contributed by atoms with Gasteiger partial charge in [0.1, 0.15) is 11.5 Å². The van der Waals surface area contributed by atoms with E-state index in [1.807, 2.05) is 6.07 Å². The van der Waals surface area contributed by atoms with Crippen molar-refractivity contribution in [2.75, 3.05) is 4.90 Å². The zero-order valence-electron chi connectivity index (χ0n) is 10.9. The van der Waals surface area contributed by atoms with Gasteiger partial charge < -0.3 is 4.90 Å². The molecule has 1 atom stereocenters. The molecule has 1 fully saturated rings. The second-order valence-electron chi connectivity index (χ2n) is 5.12. The largest absolute Gasteiger partial charge is 0.301 e. The van der Waals surface area contributed by atoms with Crippen LogP contribution in [0.5, 0.6) is 0 Å². The average molecular weight is 277 g/mol. The lowest BCUT2D eigenvalue weighted by Gasteiger charge is -2.21. The molecule has 0 radical (unpaired) electrons. The summed E-state index contributed by atoms with van der Waals surface area (Å²) in [6, 6.07) is 6.16. The Bertz CT molecular complexity index is 616. The Kier molecular flexibility index (Phi) is 3.11. The molecule has 1 amide bonds. The molecule has 5 heteroatoms. The molecular weight excluding hydrogens is 264 g/mol. The molecule has 0 aromatic heterocycles. The normalized spacial score (nSPS) is 21.6. The van der Waals surface area contributed by atoms with Crippen molar-refractivity contribution in [3.63, 3.8) is 0 Å². The highest BCUT2D eigenvalue weighted by Crippen LogP contribution is 2.36. The zero-order chi connectivity index (χ0) is 14.4. The second kappa shape index (κ2) is 4.36. The van der Waals surface area contributed by atoms with Gasteiger partial charge in [0.05, 0.1) is 16.6 Å². The Morgan fingerprint density at radius 3 is 2.42 bits per heavy atom. The van der Waals surface area contributed by atoms with Crippen molar-refractivity contribution in [3.8, 4) is 6.07 Å². The van der Waals surface area contributed by atoms with Gasteiger partial charge in [-0.05, 0) is 39.0 Å². The second-order valence-corrected chi connectivity index (χ2v) is 5.52. The number of Topliss-reactive ketones (excluding diaryl/α,β-unsaturated/α-hetero) is 1. The summed E-state index contributed by atoms with van der Waals surface area (Å²) in [5, 5.41) is 9.11. The number of hydrogen-bond donors (Lipinski definition) is 0. The number of anilines is 1. The topological polar surface area (TPSA) is 61.2 Å². The number of rotatable bonds is 1. The molecule has 1 unspecified atom stereocenters. The Morgan fingerprint density at radius 1 is 1.37 bits per heavy atom. The van der Waals surface area contributed by atoms with Crippen LogP contribution in [0, 0.1) is 16.7 Å². The van der Waals surface area contributed by atoms with Crippen LogP contribution in [-0.2, 0) is 9.59 Å². The maximum absolute atomic E-state index is 12.3. The molecule has 2 rings (SSSR count). The van der Waals surface area contributed by atoms with Crippen LogP contribution in [-0.4, -0.2) is 17.7 Å². The summed E-state index contributed by atoms with van der Waals surface area (Å²) in [6.07, 6.45) is 0. The lowest BCUT2D eigenvalue weighted by Crippen LogP contribution is -2.34. The van der Waals surface area contributed by atoms with E-state index in [9.17, 15) is 9.59 Å². The van der Waals surface area contributed by atoms with Crippen LogP contribution in [0.4, 0.5) is 5.69 Å². The standard InChI is InChI=1S/C14H13ClN2O2/c1-8-12(18)14(2,3)13(19)17(8)10-5-4-9(7-16)11(15)6-10/h4-6,8H,1-3H3. The van der Waals surface area contributed by atoms with Crippen molar-refractivity contribution in [1.82, 2.24) is 0 Å². The van der Waals surface area contributed by atoms with Gasteiger partial charge in [-0.15, -0.1) is 0 Å². The maximum Gasteiger partial charge on any atom is 0.240 e. The van der Waals surface area contributed by atoms with Gasteiger partial charge in [-0.1, -0.05) is 11.6 Å². The summed E-state index contributed by atoms with van der Waals surface area (Å²) < 4.78 is 0.